The predicted molar refractivity (Wildman–Crippen MR) is 94.7 cm³/mol. The molecule has 0 fully saturated rings. The molecule has 0 saturated heterocycles. The van der Waals surface area contributed by atoms with Crippen molar-refractivity contribution < 1.29 is 17.6 Å². The Kier molecular flexibility index (Phi) is 4.80. The molecule has 6 nitrogen and oxygen atoms in total. The minimum Gasteiger partial charge on any atom is -0.333 e. The van der Waals surface area contributed by atoms with Crippen molar-refractivity contribution in [1.82, 2.24) is 14.3 Å². The summed E-state index contributed by atoms with van der Waals surface area (Å²) in [6, 6.07) is 11.7. The maximum atomic E-state index is 13.9. The van der Waals surface area contributed by atoms with E-state index in [-0.39, 0.29) is 27.0 Å². The van der Waals surface area contributed by atoms with Crippen molar-refractivity contribution in [3.8, 4) is 11.4 Å². The first-order chi connectivity index (χ1) is 12.3. The number of aryl methyl sites for hydroxylation is 1. The molecule has 0 bridgehead atoms. The molecule has 0 unspecified atom stereocenters. The Morgan fingerprint density at radius 1 is 1.15 bits per heavy atom. The largest absolute Gasteiger partial charge is 0.333 e. The molecule has 1 heterocycles. The topological polar surface area (TPSA) is 81.1 Å². The van der Waals surface area contributed by atoms with Gasteiger partial charge in [-0.05, 0) is 24.3 Å². The quantitative estimate of drug-likeness (QED) is 0.738. The normalized spacial score (nSPS) is 11.3. The van der Waals surface area contributed by atoms with Crippen LogP contribution in [-0.2, 0) is 17.1 Å². The zero-order chi connectivity index (χ0) is 18.9. The third-order valence-corrected chi connectivity index (χ3v) is 5.41. The minimum absolute atomic E-state index is 0.0131. The molecule has 1 amide bonds. The number of hydrogen-bond donors (Lipinski definition) is 1. The molecule has 26 heavy (non-hydrogen) atoms. The van der Waals surface area contributed by atoms with E-state index in [0.29, 0.717) is 0 Å². The lowest BCUT2D eigenvalue weighted by atomic mass is 10.2. The summed E-state index contributed by atoms with van der Waals surface area (Å²) < 4.78 is 42.0. The summed E-state index contributed by atoms with van der Waals surface area (Å²) in [4.78, 5) is 16.2. The van der Waals surface area contributed by atoms with Crippen LogP contribution in [0.25, 0.3) is 11.4 Å². The lowest BCUT2D eigenvalue weighted by Gasteiger charge is -2.06. The van der Waals surface area contributed by atoms with Gasteiger partial charge in [0.25, 0.3) is 15.9 Å². The molecule has 9 heteroatoms. The second kappa shape index (κ2) is 6.89. The summed E-state index contributed by atoms with van der Waals surface area (Å²) in [7, 11) is -2.59. The van der Waals surface area contributed by atoms with Crippen LogP contribution in [0.3, 0.4) is 0 Å². The maximum absolute atomic E-state index is 13.9. The smallest absolute Gasteiger partial charge is 0.285 e. The Balaban J connectivity index is 1.91. The monoisotopic (exact) mass is 393 g/mol. The molecule has 0 radical (unpaired) electrons. The Bertz CT molecular complexity index is 1100. The summed E-state index contributed by atoms with van der Waals surface area (Å²) in [6.07, 6.45) is 1.32. The number of hydrogen-bond acceptors (Lipinski definition) is 4. The van der Waals surface area contributed by atoms with Crippen LogP contribution in [0.4, 0.5) is 4.39 Å². The van der Waals surface area contributed by atoms with Gasteiger partial charge in [0.1, 0.15) is 22.2 Å². The van der Waals surface area contributed by atoms with Crippen LogP contribution in [0.1, 0.15) is 10.5 Å². The molecule has 0 spiro atoms. The fourth-order valence-electron chi connectivity index (χ4n) is 2.36. The maximum Gasteiger partial charge on any atom is 0.285 e. The number of nitrogens with one attached hydrogen (secondary N) is 1. The van der Waals surface area contributed by atoms with Gasteiger partial charge < -0.3 is 4.57 Å². The molecule has 1 aromatic heterocycles. The fraction of sp³-hybridized carbons (Fsp3) is 0.0588. The molecule has 0 aliphatic heterocycles. The van der Waals surface area contributed by atoms with E-state index in [9.17, 15) is 17.6 Å². The minimum atomic E-state index is -4.17. The third-order valence-electron chi connectivity index (χ3n) is 3.58. The van der Waals surface area contributed by atoms with E-state index in [4.69, 9.17) is 11.6 Å². The first-order valence-corrected chi connectivity index (χ1v) is 9.25. The number of aromatic nitrogens is 2. The van der Waals surface area contributed by atoms with Gasteiger partial charge in [-0.15, -0.1) is 0 Å². The Morgan fingerprint density at radius 2 is 1.81 bits per heavy atom. The van der Waals surface area contributed by atoms with E-state index in [2.05, 4.69) is 4.98 Å². The van der Waals surface area contributed by atoms with Crippen LogP contribution in [-0.4, -0.2) is 23.9 Å². The van der Waals surface area contributed by atoms with Gasteiger partial charge >= 0.3 is 0 Å². The van der Waals surface area contributed by atoms with E-state index in [1.807, 2.05) is 4.72 Å². The van der Waals surface area contributed by atoms with Crippen molar-refractivity contribution in [2.75, 3.05) is 0 Å². The average Bonchev–Trinajstić information content (AvgIpc) is 2.97. The number of carbonyl (C=O) groups is 1. The van der Waals surface area contributed by atoms with Gasteiger partial charge in [-0.1, -0.05) is 35.9 Å². The number of rotatable bonds is 4. The first-order valence-electron chi connectivity index (χ1n) is 7.39. The van der Waals surface area contributed by atoms with Crippen LogP contribution < -0.4 is 4.72 Å². The van der Waals surface area contributed by atoms with Crippen molar-refractivity contribution in [2.24, 2.45) is 7.05 Å². The van der Waals surface area contributed by atoms with Crippen molar-refractivity contribution in [3.05, 3.63) is 71.3 Å². The van der Waals surface area contributed by atoms with Crippen molar-refractivity contribution in [1.29, 1.82) is 0 Å². The van der Waals surface area contributed by atoms with E-state index in [1.165, 1.54) is 47.2 Å². The SMILES string of the molecule is Cn1cc(C(=O)NS(=O)(=O)c2ccccc2Cl)nc1-c1ccccc1F. The van der Waals surface area contributed by atoms with Crippen LogP contribution in [0.5, 0.6) is 0 Å². The van der Waals surface area contributed by atoms with Gasteiger partial charge in [-0.25, -0.2) is 22.5 Å². The number of halogens is 2. The van der Waals surface area contributed by atoms with Crippen molar-refractivity contribution >= 4 is 27.5 Å². The van der Waals surface area contributed by atoms with Crippen LogP contribution in [0, 0.1) is 5.82 Å². The van der Waals surface area contributed by atoms with Gasteiger partial charge in [0.15, 0.2) is 0 Å². The third kappa shape index (κ3) is 3.47. The van der Waals surface area contributed by atoms with Gasteiger partial charge in [-0.3, -0.25) is 4.79 Å². The van der Waals surface area contributed by atoms with Crippen molar-refractivity contribution in [2.45, 2.75) is 4.90 Å². The van der Waals surface area contributed by atoms with Gasteiger partial charge in [0.05, 0.1) is 10.6 Å². The number of imidazole rings is 1. The molecule has 1 N–H and O–H groups in total. The predicted octanol–water partition coefficient (Wildman–Crippen LogP) is 3.00. The highest BCUT2D eigenvalue weighted by Crippen LogP contribution is 2.23. The standard InChI is InChI=1S/C17H13ClFN3O3S/c1-22-10-14(20-16(22)11-6-2-4-8-13(11)19)17(23)21-26(24,25)15-9-5-3-7-12(15)18/h2-10H,1H3,(H,21,23). The molecule has 3 rings (SSSR count). The second-order valence-electron chi connectivity index (χ2n) is 5.41. The summed E-state index contributed by atoms with van der Waals surface area (Å²) in [5.41, 5.74) is 0.0318. The fourth-order valence-corrected chi connectivity index (χ4v) is 3.84. The Hall–Kier alpha value is -2.71. The average molecular weight is 394 g/mol. The van der Waals surface area contributed by atoms with Gasteiger partial charge in [-0.2, -0.15) is 0 Å². The van der Waals surface area contributed by atoms with E-state index >= 15 is 0 Å². The van der Waals surface area contributed by atoms with E-state index < -0.39 is 21.7 Å². The number of sulfonamides is 1. The molecule has 3 aromatic rings. The molecular formula is C17H13ClFN3O3S. The van der Waals surface area contributed by atoms with E-state index in [0.717, 1.165) is 0 Å². The zero-order valence-corrected chi connectivity index (χ0v) is 15.1. The zero-order valence-electron chi connectivity index (χ0n) is 13.5. The molecule has 0 atom stereocenters. The van der Waals surface area contributed by atoms with Gasteiger partial charge in [0, 0.05) is 13.2 Å². The Morgan fingerprint density at radius 3 is 2.50 bits per heavy atom. The second-order valence-corrected chi connectivity index (χ2v) is 7.46. The van der Waals surface area contributed by atoms with Crippen LogP contribution >= 0.6 is 11.6 Å². The summed E-state index contributed by atoms with van der Waals surface area (Å²) in [6.45, 7) is 0. The summed E-state index contributed by atoms with van der Waals surface area (Å²) >= 11 is 5.87. The number of carbonyl (C=O) groups excluding carboxylic acids is 1. The molecule has 134 valence electrons. The molecule has 2 aromatic carbocycles. The van der Waals surface area contributed by atoms with Crippen LogP contribution in [0.15, 0.2) is 59.6 Å². The van der Waals surface area contributed by atoms with E-state index in [1.54, 1.807) is 19.2 Å². The number of nitrogens with zero attached hydrogens (tertiary/aromatic N) is 2. The molecule has 0 saturated carbocycles. The van der Waals surface area contributed by atoms with Gasteiger partial charge in [0.2, 0.25) is 0 Å². The lowest BCUT2D eigenvalue weighted by Crippen LogP contribution is -2.31. The highest BCUT2D eigenvalue weighted by molar-refractivity contribution is 7.90. The Labute approximate surface area is 154 Å². The highest BCUT2D eigenvalue weighted by atomic mass is 35.5. The van der Waals surface area contributed by atoms with Crippen LogP contribution in [0.2, 0.25) is 5.02 Å². The number of benzene rings is 2. The van der Waals surface area contributed by atoms with Crippen molar-refractivity contribution in [3.63, 3.8) is 0 Å². The highest BCUT2D eigenvalue weighted by Gasteiger charge is 2.23. The molecule has 0 aliphatic carbocycles. The molecule has 0 aliphatic rings. The lowest BCUT2D eigenvalue weighted by molar-refractivity contribution is 0.0977. The summed E-state index contributed by atoms with van der Waals surface area (Å²) in [5.74, 6) is -1.25. The number of amides is 1. The molecular weight excluding hydrogens is 381 g/mol. The summed E-state index contributed by atoms with van der Waals surface area (Å²) in [5, 5.41) is -0.0131. The first kappa shape index (κ1) is 18.1.